The molecule has 2 heterocycles. The normalized spacial score (nSPS) is 23.8. The molecule has 6 nitrogen and oxygen atoms in total. The first-order chi connectivity index (χ1) is 16.7. The third kappa shape index (κ3) is 6.26. The van der Waals surface area contributed by atoms with E-state index in [1.54, 1.807) is 6.92 Å². The number of hydrogen-bond acceptors (Lipinski definition) is 4. The molecule has 7 heteroatoms. The van der Waals surface area contributed by atoms with Gasteiger partial charge in [0.15, 0.2) is 0 Å². The summed E-state index contributed by atoms with van der Waals surface area (Å²) in [6.07, 6.45) is 7.08. The van der Waals surface area contributed by atoms with E-state index >= 15 is 0 Å². The zero-order chi connectivity index (χ0) is 25.1. The lowest BCUT2D eigenvalue weighted by atomic mass is 9.95. The molecule has 0 unspecified atom stereocenters. The standard InChI is InChI=1S/C28H40ClN3O3/c1-19-17-30(11-12-31(19)28(35)22-7-4-5-8-22)18-24-14-25(29)13-23(20(24)2)15-27(34)16-26-9-6-10-32(26)21(3)33/h13-14,19,22,26H,4-12,15-18H2,1-3H3/t19-,26+/m0/s1. The van der Waals surface area contributed by atoms with Gasteiger partial charge in [-0.05, 0) is 68.4 Å². The van der Waals surface area contributed by atoms with E-state index in [2.05, 4.69) is 23.6 Å². The van der Waals surface area contributed by atoms with Gasteiger partial charge in [0, 0.05) is 75.5 Å². The number of benzene rings is 1. The van der Waals surface area contributed by atoms with Crippen molar-refractivity contribution in [1.82, 2.24) is 14.7 Å². The summed E-state index contributed by atoms with van der Waals surface area (Å²) >= 11 is 6.49. The Morgan fingerprint density at radius 2 is 1.69 bits per heavy atom. The number of rotatable bonds is 7. The van der Waals surface area contributed by atoms with Gasteiger partial charge in [0.25, 0.3) is 0 Å². The first-order valence-corrected chi connectivity index (χ1v) is 13.7. The van der Waals surface area contributed by atoms with Crippen molar-refractivity contribution < 1.29 is 14.4 Å². The molecule has 0 spiro atoms. The van der Waals surface area contributed by atoms with E-state index in [1.807, 2.05) is 17.0 Å². The number of amides is 2. The van der Waals surface area contributed by atoms with Crippen molar-refractivity contribution in [3.05, 3.63) is 33.8 Å². The van der Waals surface area contributed by atoms with Crippen molar-refractivity contribution in [2.75, 3.05) is 26.2 Å². The van der Waals surface area contributed by atoms with Gasteiger partial charge < -0.3 is 9.80 Å². The Morgan fingerprint density at radius 1 is 0.971 bits per heavy atom. The highest BCUT2D eigenvalue weighted by atomic mass is 35.5. The van der Waals surface area contributed by atoms with E-state index in [0.29, 0.717) is 23.8 Å². The average molecular weight is 502 g/mol. The van der Waals surface area contributed by atoms with Gasteiger partial charge >= 0.3 is 0 Å². The van der Waals surface area contributed by atoms with Gasteiger partial charge in [-0.2, -0.15) is 0 Å². The molecule has 4 rings (SSSR count). The van der Waals surface area contributed by atoms with E-state index < -0.39 is 0 Å². The van der Waals surface area contributed by atoms with Gasteiger partial charge in [0.1, 0.15) is 5.78 Å². The third-order valence-electron chi connectivity index (χ3n) is 8.31. The molecule has 0 N–H and O–H groups in total. The Morgan fingerprint density at radius 3 is 2.37 bits per heavy atom. The molecule has 2 atom stereocenters. The molecule has 2 aliphatic heterocycles. The number of carbonyl (C=O) groups excluding carboxylic acids is 3. The second kappa shape index (κ2) is 11.4. The average Bonchev–Trinajstić information content (AvgIpc) is 3.49. The molecule has 2 saturated heterocycles. The van der Waals surface area contributed by atoms with E-state index in [1.165, 1.54) is 12.8 Å². The minimum Gasteiger partial charge on any atom is -0.340 e. The van der Waals surface area contributed by atoms with Crippen molar-refractivity contribution in [2.45, 2.75) is 90.8 Å². The molecule has 0 bridgehead atoms. The minimum atomic E-state index is 0.0312. The molecule has 1 saturated carbocycles. The van der Waals surface area contributed by atoms with Crippen LogP contribution in [0.15, 0.2) is 12.1 Å². The fraction of sp³-hybridized carbons (Fsp3) is 0.679. The first kappa shape index (κ1) is 26.2. The second-order valence-electron chi connectivity index (χ2n) is 10.9. The van der Waals surface area contributed by atoms with Crippen LogP contribution in [0.1, 0.15) is 75.5 Å². The Labute approximate surface area is 215 Å². The van der Waals surface area contributed by atoms with Crippen molar-refractivity contribution in [1.29, 1.82) is 0 Å². The highest BCUT2D eigenvalue weighted by Gasteiger charge is 2.33. The SMILES string of the molecule is CC(=O)N1CCC[C@@H]1CC(=O)Cc1cc(Cl)cc(CN2CCN(C(=O)C3CCCC3)[C@@H](C)C2)c1C. The Balaban J connectivity index is 1.37. The van der Waals surface area contributed by atoms with E-state index in [-0.39, 0.29) is 29.7 Å². The molecule has 1 aromatic rings. The Hall–Kier alpha value is -1.92. The van der Waals surface area contributed by atoms with E-state index in [4.69, 9.17) is 11.6 Å². The van der Waals surface area contributed by atoms with Gasteiger partial charge in [-0.25, -0.2) is 0 Å². The molecule has 2 amide bonds. The monoisotopic (exact) mass is 501 g/mol. The van der Waals surface area contributed by atoms with Crippen molar-refractivity contribution in [3.8, 4) is 0 Å². The molecular weight excluding hydrogens is 462 g/mol. The second-order valence-corrected chi connectivity index (χ2v) is 11.3. The maximum absolute atomic E-state index is 12.9. The fourth-order valence-electron chi connectivity index (χ4n) is 6.31. The smallest absolute Gasteiger partial charge is 0.226 e. The van der Waals surface area contributed by atoms with Crippen LogP contribution >= 0.6 is 11.6 Å². The first-order valence-electron chi connectivity index (χ1n) is 13.3. The summed E-state index contributed by atoms with van der Waals surface area (Å²) in [4.78, 5) is 44.0. The molecule has 0 aromatic heterocycles. The maximum atomic E-state index is 12.9. The molecule has 192 valence electrons. The van der Waals surface area contributed by atoms with Crippen molar-refractivity contribution in [2.24, 2.45) is 5.92 Å². The number of ketones is 1. The summed E-state index contributed by atoms with van der Waals surface area (Å²) in [5.74, 6) is 0.791. The highest BCUT2D eigenvalue weighted by Crippen LogP contribution is 2.29. The lowest BCUT2D eigenvalue weighted by Crippen LogP contribution is -2.54. The highest BCUT2D eigenvalue weighted by molar-refractivity contribution is 6.30. The van der Waals surface area contributed by atoms with Crippen LogP contribution in [0.25, 0.3) is 0 Å². The lowest BCUT2D eigenvalue weighted by Gasteiger charge is -2.41. The maximum Gasteiger partial charge on any atom is 0.226 e. The van der Waals surface area contributed by atoms with Gasteiger partial charge in [-0.1, -0.05) is 24.4 Å². The van der Waals surface area contributed by atoms with Crippen molar-refractivity contribution >= 4 is 29.2 Å². The quantitative estimate of drug-likeness (QED) is 0.556. The summed E-state index contributed by atoms with van der Waals surface area (Å²) in [7, 11) is 0. The Bertz CT molecular complexity index is 959. The van der Waals surface area contributed by atoms with Crippen LogP contribution in [-0.2, 0) is 27.3 Å². The molecule has 3 aliphatic rings. The number of Topliss-reactive ketones (excluding diaryl/α,β-unsaturated/α-hetero) is 1. The van der Waals surface area contributed by atoms with Crippen LogP contribution in [0.5, 0.6) is 0 Å². The number of carbonyl (C=O) groups is 3. The summed E-state index contributed by atoms with van der Waals surface area (Å²) in [6, 6.07) is 4.16. The van der Waals surface area contributed by atoms with Gasteiger partial charge in [0.2, 0.25) is 11.8 Å². The van der Waals surface area contributed by atoms with Gasteiger partial charge in [-0.15, -0.1) is 0 Å². The third-order valence-corrected chi connectivity index (χ3v) is 8.53. The zero-order valence-corrected chi connectivity index (χ0v) is 22.3. The summed E-state index contributed by atoms with van der Waals surface area (Å²) in [6.45, 7) is 9.82. The summed E-state index contributed by atoms with van der Waals surface area (Å²) in [5.41, 5.74) is 3.25. The predicted molar refractivity (Wildman–Crippen MR) is 138 cm³/mol. The molecule has 35 heavy (non-hydrogen) atoms. The van der Waals surface area contributed by atoms with Crippen LogP contribution in [-0.4, -0.2) is 70.6 Å². The Kier molecular flexibility index (Phi) is 8.54. The number of hydrogen-bond donors (Lipinski definition) is 0. The minimum absolute atomic E-state index is 0.0312. The van der Waals surface area contributed by atoms with Crippen LogP contribution in [0.2, 0.25) is 5.02 Å². The number of piperazine rings is 1. The molecule has 0 radical (unpaired) electrons. The van der Waals surface area contributed by atoms with Crippen LogP contribution < -0.4 is 0 Å². The summed E-state index contributed by atoms with van der Waals surface area (Å²) < 4.78 is 0. The van der Waals surface area contributed by atoms with E-state index in [0.717, 1.165) is 75.1 Å². The summed E-state index contributed by atoms with van der Waals surface area (Å²) in [5, 5.41) is 0.655. The van der Waals surface area contributed by atoms with Gasteiger partial charge in [-0.3, -0.25) is 19.3 Å². The molecule has 3 fully saturated rings. The zero-order valence-electron chi connectivity index (χ0n) is 21.5. The topological polar surface area (TPSA) is 60.9 Å². The lowest BCUT2D eigenvalue weighted by molar-refractivity contribution is -0.140. The molecule has 1 aliphatic carbocycles. The number of nitrogens with zero attached hydrogens (tertiary/aromatic N) is 3. The largest absolute Gasteiger partial charge is 0.340 e. The van der Waals surface area contributed by atoms with Crippen molar-refractivity contribution in [3.63, 3.8) is 0 Å². The van der Waals surface area contributed by atoms with Crippen LogP contribution in [0, 0.1) is 12.8 Å². The van der Waals surface area contributed by atoms with E-state index in [9.17, 15) is 14.4 Å². The molecule has 1 aromatic carbocycles. The number of likely N-dealkylation sites (tertiary alicyclic amines) is 1. The van der Waals surface area contributed by atoms with Crippen LogP contribution in [0.3, 0.4) is 0 Å². The number of halogens is 1. The fourth-order valence-corrected chi connectivity index (χ4v) is 6.57. The van der Waals surface area contributed by atoms with Gasteiger partial charge in [0.05, 0.1) is 0 Å². The molecular formula is C28H40ClN3O3. The predicted octanol–water partition coefficient (Wildman–Crippen LogP) is 4.38. The van der Waals surface area contributed by atoms with Crippen LogP contribution in [0.4, 0.5) is 0 Å².